The van der Waals surface area contributed by atoms with E-state index in [1.807, 2.05) is 47.9 Å². The summed E-state index contributed by atoms with van der Waals surface area (Å²) in [6.07, 6.45) is 3.33. The first kappa shape index (κ1) is 15.6. The minimum Gasteiger partial charge on any atom is -0.467 e. The molecule has 4 aromatic rings. The van der Waals surface area contributed by atoms with Crippen LogP contribution in [0.4, 0.5) is 0 Å². The van der Waals surface area contributed by atoms with Crippen LogP contribution in [0.5, 0.6) is 0 Å². The summed E-state index contributed by atoms with van der Waals surface area (Å²) < 4.78 is 13.0. The Morgan fingerprint density at radius 2 is 1.96 bits per heavy atom. The number of benzene rings is 1. The fourth-order valence-corrected chi connectivity index (χ4v) is 3.04. The van der Waals surface area contributed by atoms with Crippen LogP contribution in [0.2, 0.25) is 0 Å². The van der Waals surface area contributed by atoms with Gasteiger partial charge in [0.15, 0.2) is 5.16 Å². The van der Waals surface area contributed by atoms with E-state index in [9.17, 15) is 0 Å². The third kappa shape index (κ3) is 3.63. The molecule has 0 spiro atoms. The van der Waals surface area contributed by atoms with Crippen molar-refractivity contribution in [3.63, 3.8) is 0 Å². The molecule has 0 bridgehead atoms. The van der Waals surface area contributed by atoms with Crippen LogP contribution in [-0.2, 0) is 12.3 Å². The molecule has 0 saturated carbocycles. The molecule has 8 heteroatoms. The zero-order valence-electron chi connectivity index (χ0n) is 13.5. The van der Waals surface area contributed by atoms with Crippen molar-refractivity contribution in [3.8, 4) is 11.5 Å². The van der Waals surface area contributed by atoms with Gasteiger partial charge in [0.1, 0.15) is 12.1 Å². The zero-order valence-corrected chi connectivity index (χ0v) is 14.3. The Hall–Kier alpha value is -2.87. The molecule has 0 fully saturated rings. The van der Waals surface area contributed by atoms with Crippen LogP contribution in [0.1, 0.15) is 17.2 Å². The van der Waals surface area contributed by atoms with Gasteiger partial charge in [0.2, 0.25) is 11.8 Å². The van der Waals surface area contributed by atoms with E-state index in [0.29, 0.717) is 24.1 Å². The minimum absolute atomic E-state index is 0.521. The quantitative estimate of drug-likeness (QED) is 0.490. The smallest absolute Gasteiger partial charge is 0.247 e. The van der Waals surface area contributed by atoms with E-state index in [4.69, 9.17) is 8.83 Å². The Morgan fingerprint density at radius 3 is 2.76 bits per heavy atom. The Labute approximate surface area is 148 Å². The van der Waals surface area contributed by atoms with Gasteiger partial charge in [-0.1, -0.05) is 29.5 Å². The monoisotopic (exact) mass is 353 g/mol. The molecule has 1 aromatic carbocycles. The maximum absolute atomic E-state index is 5.73. The van der Waals surface area contributed by atoms with Crippen LogP contribution in [0.3, 0.4) is 0 Å². The first-order valence-electron chi connectivity index (χ1n) is 7.70. The van der Waals surface area contributed by atoms with Gasteiger partial charge in [0.25, 0.3) is 0 Å². The van der Waals surface area contributed by atoms with Crippen LogP contribution < -0.4 is 0 Å². The van der Waals surface area contributed by atoms with Crippen LogP contribution >= 0.6 is 11.8 Å². The predicted octanol–water partition coefficient (Wildman–Crippen LogP) is 3.57. The summed E-state index contributed by atoms with van der Waals surface area (Å²) in [4.78, 5) is 0. The second-order valence-corrected chi connectivity index (χ2v) is 6.42. The summed E-state index contributed by atoms with van der Waals surface area (Å²) in [6.45, 7) is 2.62. The van der Waals surface area contributed by atoms with E-state index in [0.717, 1.165) is 16.5 Å². The summed E-state index contributed by atoms with van der Waals surface area (Å²) in [5.41, 5.74) is 2.10. The third-order valence-electron chi connectivity index (χ3n) is 3.58. The Bertz CT molecular complexity index is 944. The van der Waals surface area contributed by atoms with Gasteiger partial charge in [0.05, 0.1) is 18.6 Å². The van der Waals surface area contributed by atoms with Gasteiger partial charge >= 0.3 is 0 Å². The fraction of sp³-hybridized carbons (Fsp3) is 0.176. The first-order valence-corrected chi connectivity index (χ1v) is 8.69. The molecule has 0 unspecified atom stereocenters. The molecule has 4 rings (SSSR count). The average Bonchev–Trinajstić information content (AvgIpc) is 3.36. The topological polar surface area (TPSA) is 82.8 Å². The number of rotatable bonds is 6. The van der Waals surface area contributed by atoms with E-state index in [-0.39, 0.29) is 0 Å². The molecule has 0 radical (unpaired) electrons. The second-order valence-electron chi connectivity index (χ2n) is 5.48. The van der Waals surface area contributed by atoms with Gasteiger partial charge in [0, 0.05) is 5.56 Å². The lowest BCUT2D eigenvalue weighted by Gasteiger charge is -2.02. The molecule has 3 heterocycles. The maximum Gasteiger partial charge on any atom is 0.247 e. The lowest BCUT2D eigenvalue weighted by atomic mass is 10.1. The van der Waals surface area contributed by atoms with Gasteiger partial charge in [-0.05, 0) is 31.2 Å². The molecule has 0 amide bonds. The molecule has 126 valence electrons. The molecule has 0 aliphatic heterocycles. The SMILES string of the molecule is Cc1ccc(-c2nnc(CSc3nncn3Cc3ccco3)o2)cc1. The van der Waals surface area contributed by atoms with Gasteiger partial charge in [-0.25, -0.2) is 0 Å². The Morgan fingerprint density at radius 1 is 1.08 bits per heavy atom. The minimum atomic E-state index is 0.521. The highest BCUT2D eigenvalue weighted by Gasteiger charge is 2.12. The number of furan rings is 1. The van der Waals surface area contributed by atoms with Crippen LogP contribution in [0.25, 0.3) is 11.5 Å². The molecule has 0 aliphatic carbocycles. The third-order valence-corrected chi connectivity index (χ3v) is 4.54. The van der Waals surface area contributed by atoms with Crippen molar-refractivity contribution < 1.29 is 8.83 Å². The van der Waals surface area contributed by atoms with Gasteiger partial charge in [-0.3, -0.25) is 0 Å². The summed E-state index contributed by atoms with van der Waals surface area (Å²) in [5.74, 6) is 2.44. The molecule has 0 aliphatic rings. The predicted molar refractivity (Wildman–Crippen MR) is 91.9 cm³/mol. The van der Waals surface area contributed by atoms with Crippen LogP contribution in [-0.4, -0.2) is 25.0 Å². The van der Waals surface area contributed by atoms with E-state index >= 15 is 0 Å². The normalized spacial score (nSPS) is 11.1. The van der Waals surface area contributed by atoms with E-state index in [2.05, 4.69) is 20.4 Å². The summed E-state index contributed by atoms with van der Waals surface area (Å²) in [5, 5.41) is 17.1. The number of aryl methyl sites for hydroxylation is 1. The molecular formula is C17H15N5O2S. The Balaban J connectivity index is 1.42. The largest absolute Gasteiger partial charge is 0.467 e. The molecule has 0 saturated heterocycles. The van der Waals surface area contributed by atoms with E-state index in [1.165, 1.54) is 17.3 Å². The van der Waals surface area contributed by atoms with E-state index < -0.39 is 0 Å². The molecule has 25 heavy (non-hydrogen) atoms. The molecule has 0 N–H and O–H groups in total. The van der Waals surface area contributed by atoms with Crippen molar-refractivity contribution in [3.05, 3.63) is 66.2 Å². The van der Waals surface area contributed by atoms with Crippen molar-refractivity contribution in [2.24, 2.45) is 0 Å². The highest BCUT2D eigenvalue weighted by molar-refractivity contribution is 7.98. The standard InChI is InChI=1S/C17H15N5O2S/c1-12-4-6-13(7-5-12)16-20-19-15(24-16)10-25-17-21-18-11-22(17)9-14-3-2-8-23-14/h2-8,11H,9-10H2,1H3. The summed E-state index contributed by atoms with van der Waals surface area (Å²) in [6, 6.07) is 11.8. The van der Waals surface area contributed by atoms with Crippen molar-refractivity contribution in [2.45, 2.75) is 24.4 Å². The van der Waals surface area contributed by atoms with Crippen molar-refractivity contribution in [1.29, 1.82) is 0 Å². The second kappa shape index (κ2) is 6.94. The van der Waals surface area contributed by atoms with Crippen molar-refractivity contribution in [1.82, 2.24) is 25.0 Å². The molecule has 7 nitrogen and oxygen atoms in total. The first-order chi connectivity index (χ1) is 12.3. The highest BCUT2D eigenvalue weighted by Crippen LogP contribution is 2.24. The molecule has 0 atom stereocenters. The van der Waals surface area contributed by atoms with Gasteiger partial charge in [-0.15, -0.1) is 20.4 Å². The van der Waals surface area contributed by atoms with Crippen LogP contribution in [0, 0.1) is 6.92 Å². The number of aromatic nitrogens is 5. The highest BCUT2D eigenvalue weighted by atomic mass is 32.2. The maximum atomic E-state index is 5.73. The fourth-order valence-electron chi connectivity index (χ4n) is 2.29. The number of hydrogen-bond donors (Lipinski definition) is 0. The zero-order chi connectivity index (χ0) is 17.1. The van der Waals surface area contributed by atoms with E-state index in [1.54, 1.807) is 12.6 Å². The molecular weight excluding hydrogens is 338 g/mol. The number of thioether (sulfide) groups is 1. The summed E-state index contributed by atoms with van der Waals surface area (Å²) >= 11 is 1.49. The van der Waals surface area contributed by atoms with Gasteiger partial charge in [-0.2, -0.15) is 0 Å². The molecule has 3 aromatic heterocycles. The lowest BCUT2D eigenvalue weighted by Crippen LogP contribution is -1.99. The van der Waals surface area contributed by atoms with Crippen LogP contribution in [0.15, 0.2) is 63.0 Å². The van der Waals surface area contributed by atoms with Crippen molar-refractivity contribution in [2.75, 3.05) is 0 Å². The van der Waals surface area contributed by atoms with Crippen molar-refractivity contribution >= 4 is 11.8 Å². The number of nitrogens with zero attached hydrogens (tertiary/aromatic N) is 5. The average molecular weight is 353 g/mol. The van der Waals surface area contributed by atoms with Gasteiger partial charge < -0.3 is 13.4 Å². The Kier molecular flexibility index (Phi) is 4.34. The number of hydrogen-bond acceptors (Lipinski definition) is 7. The summed E-state index contributed by atoms with van der Waals surface area (Å²) in [7, 11) is 0. The lowest BCUT2D eigenvalue weighted by molar-refractivity contribution is 0.484.